The number of anilines is 2. The number of aromatic nitrogens is 2. The van der Waals surface area contributed by atoms with Gasteiger partial charge in [-0.15, -0.1) is 0 Å². The Labute approximate surface area is 119 Å². The van der Waals surface area contributed by atoms with Gasteiger partial charge in [0.25, 0.3) is 5.91 Å². The van der Waals surface area contributed by atoms with Crippen molar-refractivity contribution in [2.75, 3.05) is 11.1 Å². The SMILES string of the molecule is Nc1cc(C(=O)Nc2cnn(CC(=O)O)c2)ccc1Cl. The fourth-order valence-electron chi connectivity index (χ4n) is 1.54. The highest BCUT2D eigenvalue weighted by atomic mass is 35.5. The summed E-state index contributed by atoms with van der Waals surface area (Å²) in [5.74, 6) is -1.40. The summed E-state index contributed by atoms with van der Waals surface area (Å²) in [7, 11) is 0. The van der Waals surface area contributed by atoms with E-state index in [1.807, 2.05) is 0 Å². The van der Waals surface area contributed by atoms with E-state index in [9.17, 15) is 9.59 Å². The summed E-state index contributed by atoms with van der Waals surface area (Å²) in [6, 6.07) is 4.52. The molecule has 2 rings (SSSR count). The normalized spacial score (nSPS) is 10.2. The third-order valence-electron chi connectivity index (χ3n) is 2.45. The highest BCUT2D eigenvalue weighted by Crippen LogP contribution is 2.20. The molecule has 1 aromatic heterocycles. The van der Waals surface area contributed by atoms with Crippen LogP contribution in [-0.2, 0) is 11.3 Å². The number of nitrogens with two attached hydrogens (primary N) is 1. The minimum atomic E-state index is -1.02. The van der Waals surface area contributed by atoms with Crippen LogP contribution in [0.25, 0.3) is 0 Å². The molecule has 0 aliphatic rings. The van der Waals surface area contributed by atoms with Crippen LogP contribution in [0.2, 0.25) is 5.02 Å². The van der Waals surface area contributed by atoms with Crippen LogP contribution in [0.3, 0.4) is 0 Å². The van der Waals surface area contributed by atoms with E-state index in [0.29, 0.717) is 22.0 Å². The van der Waals surface area contributed by atoms with Crippen molar-refractivity contribution in [3.05, 3.63) is 41.2 Å². The number of rotatable bonds is 4. The number of carbonyl (C=O) groups excluding carboxylic acids is 1. The fourth-order valence-corrected chi connectivity index (χ4v) is 1.66. The predicted molar refractivity (Wildman–Crippen MR) is 73.7 cm³/mol. The number of carbonyl (C=O) groups is 2. The third-order valence-corrected chi connectivity index (χ3v) is 2.79. The number of hydrogen-bond donors (Lipinski definition) is 3. The number of carboxylic acid groups (broad SMARTS) is 1. The molecule has 1 amide bonds. The predicted octanol–water partition coefficient (Wildman–Crippen LogP) is 1.46. The average molecular weight is 295 g/mol. The number of carboxylic acids is 1. The molecule has 0 aliphatic heterocycles. The van der Waals surface area contributed by atoms with Crippen LogP contribution in [0.15, 0.2) is 30.6 Å². The monoisotopic (exact) mass is 294 g/mol. The Morgan fingerprint density at radius 3 is 2.85 bits per heavy atom. The molecule has 8 heteroatoms. The van der Waals surface area contributed by atoms with E-state index < -0.39 is 5.97 Å². The van der Waals surface area contributed by atoms with Crippen molar-refractivity contribution in [2.45, 2.75) is 6.54 Å². The van der Waals surface area contributed by atoms with Gasteiger partial charge in [0.15, 0.2) is 0 Å². The number of nitrogen functional groups attached to an aromatic ring is 1. The van der Waals surface area contributed by atoms with Crippen molar-refractivity contribution < 1.29 is 14.7 Å². The van der Waals surface area contributed by atoms with Gasteiger partial charge in [-0.2, -0.15) is 5.10 Å². The van der Waals surface area contributed by atoms with Gasteiger partial charge in [-0.25, -0.2) is 0 Å². The molecule has 104 valence electrons. The largest absolute Gasteiger partial charge is 0.480 e. The Bertz CT molecular complexity index is 668. The van der Waals surface area contributed by atoms with Crippen molar-refractivity contribution >= 4 is 34.9 Å². The fraction of sp³-hybridized carbons (Fsp3) is 0.0833. The Kier molecular flexibility index (Phi) is 3.90. The lowest BCUT2D eigenvalue weighted by atomic mass is 10.2. The van der Waals surface area contributed by atoms with Gasteiger partial charge in [-0.05, 0) is 18.2 Å². The molecule has 0 fully saturated rings. The summed E-state index contributed by atoms with van der Waals surface area (Å²) in [6.07, 6.45) is 2.78. The van der Waals surface area contributed by atoms with Crippen LogP contribution >= 0.6 is 11.6 Å². The van der Waals surface area contributed by atoms with Gasteiger partial charge in [0, 0.05) is 11.8 Å². The minimum Gasteiger partial charge on any atom is -0.480 e. The lowest BCUT2D eigenvalue weighted by Gasteiger charge is -2.04. The quantitative estimate of drug-likeness (QED) is 0.739. The number of amides is 1. The molecule has 0 atom stereocenters. The Balaban J connectivity index is 2.09. The van der Waals surface area contributed by atoms with Crippen molar-refractivity contribution in [2.24, 2.45) is 0 Å². The first kappa shape index (κ1) is 13.9. The molecule has 0 radical (unpaired) electrons. The average Bonchev–Trinajstić information content (AvgIpc) is 2.79. The highest BCUT2D eigenvalue weighted by Gasteiger charge is 2.10. The zero-order chi connectivity index (χ0) is 14.7. The van der Waals surface area contributed by atoms with Gasteiger partial charge in [-0.1, -0.05) is 11.6 Å². The molecule has 0 bridgehead atoms. The molecule has 0 unspecified atom stereocenters. The third kappa shape index (κ3) is 3.27. The molecule has 20 heavy (non-hydrogen) atoms. The summed E-state index contributed by atoms with van der Waals surface area (Å²) in [4.78, 5) is 22.5. The van der Waals surface area contributed by atoms with Gasteiger partial charge in [0.1, 0.15) is 6.54 Å². The second-order valence-corrected chi connectivity index (χ2v) is 4.42. The Morgan fingerprint density at radius 2 is 2.20 bits per heavy atom. The molecule has 0 saturated carbocycles. The lowest BCUT2D eigenvalue weighted by molar-refractivity contribution is -0.137. The van der Waals surface area contributed by atoms with Crippen molar-refractivity contribution in [1.29, 1.82) is 0 Å². The van der Waals surface area contributed by atoms with E-state index in [-0.39, 0.29) is 12.5 Å². The molecule has 0 aliphatic carbocycles. The number of nitrogens with one attached hydrogen (secondary N) is 1. The summed E-state index contributed by atoms with van der Waals surface area (Å²) in [6.45, 7) is -0.274. The number of halogens is 1. The number of aliphatic carboxylic acids is 1. The zero-order valence-corrected chi connectivity index (χ0v) is 11.0. The van der Waals surface area contributed by atoms with E-state index in [1.165, 1.54) is 35.3 Å². The van der Waals surface area contributed by atoms with E-state index >= 15 is 0 Å². The minimum absolute atomic E-state index is 0.274. The maximum atomic E-state index is 11.9. The molecule has 0 saturated heterocycles. The number of hydrogen-bond acceptors (Lipinski definition) is 4. The van der Waals surface area contributed by atoms with Crippen molar-refractivity contribution in [3.63, 3.8) is 0 Å². The topological polar surface area (TPSA) is 110 Å². The van der Waals surface area contributed by atoms with Crippen LogP contribution in [0, 0.1) is 0 Å². The first-order valence-corrected chi connectivity index (χ1v) is 5.94. The molecule has 7 nitrogen and oxygen atoms in total. The molecule has 4 N–H and O–H groups in total. The Morgan fingerprint density at radius 1 is 1.45 bits per heavy atom. The van der Waals surface area contributed by atoms with E-state index in [2.05, 4.69) is 10.4 Å². The van der Waals surface area contributed by atoms with Crippen LogP contribution < -0.4 is 11.1 Å². The Hall–Kier alpha value is -2.54. The summed E-state index contributed by atoms with van der Waals surface area (Å²) in [5, 5.41) is 15.4. The first-order chi connectivity index (χ1) is 9.45. The summed E-state index contributed by atoms with van der Waals surface area (Å²) >= 11 is 5.77. The van der Waals surface area contributed by atoms with Crippen LogP contribution in [0.1, 0.15) is 10.4 Å². The number of nitrogens with zero attached hydrogens (tertiary/aromatic N) is 2. The number of benzene rings is 1. The molecule has 0 spiro atoms. The lowest BCUT2D eigenvalue weighted by Crippen LogP contribution is -2.12. The smallest absolute Gasteiger partial charge is 0.325 e. The van der Waals surface area contributed by atoms with Gasteiger partial charge in [-0.3, -0.25) is 14.3 Å². The van der Waals surface area contributed by atoms with Crippen LogP contribution in [0.5, 0.6) is 0 Å². The molecule has 1 aromatic carbocycles. The van der Waals surface area contributed by atoms with E-state index in [4.69, 9.17) is 22.4 Å². The molecule has 1 heterocycles. The molecule has 2 aromatic rings. The van der Waals surface area contributed by atoms with Gasteiger partial charge >= 0.3 is 5.97 Å². The van der Waals surface area contributed by atoms with Gasteiger partial charge in [0.05, 0.1) is 22.6 Å². The van der Waals surface area contributed by atoms with Crippen LogP contribution in [-0.4, -0.2) is 26.8 Å². The van der Waals surface area contributed by atoms with Crippen molar-refractivity contribution in [1.82, 2.24) is 9.78 Å². The zero-order valence-electron chi connectivity index (χ0n) is 10.2. The van der Waals surface area contributed by atoms with E-state index in [1.54, 1.807) is 0 Å². The summed E-state index contributed by atoms with van der Waals surface area (Å²) < 4.78 is 1.20. The second kappa shape index (κ2) is 5.62. The summed E-state index contributed by atoms with van der Waals surface area (Å²) in [5.41, 5.74) is 6.66. The highest BCUT2D eigenvalue weighted by molar-refractivity contribution is 6.33. The molecular weight excluding hydrogens is 284 g/mol. The van der Waals surface area contributed by atoms with Gasteiger partial charge in [0.2, 0.25) is 0 Å². The second-order valence-electron chi connectivity index (χ2n) is 4.01. The maximum Gasteiger partial charge on any atom is 0.325 e. The van der Waals surface area contributed by atoms with E-state index in [0.717, 1.165) is 0 Å². The van der Waals surface area contributed by atoms with Gasteiger partial charge < -0.3 is 16.2 Å². The standard InChI is InChI=1S/C12H11ClN4O3/c13-9-2-1-7(3-10(9)14)12(20)16-8-4-15-17(5-8)6-11(18)19/h1-5H,6,14H2,(H,16,20)(H,18,19). The maximum absolute atomic E-state index is 11.9. The van der Waals surface area contributed by atoms with Crippen molar-refractivity contribution in [3.8, 4) is 0 Å². The molecular formula is C12H11ClN4O3. The first-order valence-electron chi connectivity index (χ1n) is 5.56. The van der Waals surface area contributed by atoms with Crippen LogP contribution in [0.4, 0.5) is 11.4 Å².